The fourth-order valence-corrected chi connectivity index (χ4v) is 6.22. The lowest BCUT2D eigenvalue weighted by molar-refractivity contribution is -0.139. The van der Waals surface area contributed by atoms with Crippen LogP contribution in [0.1, 0.15) is 47.6 Å². The standard InChI is InChI=1S/C31H31NO5S/c1-19-28(31(34)37-14-13-20-8-5-4-6-9-20)30(27-10-7-15-38-27)29-23(32-19)16-22(17-24(29)33)21-11-12-25(35-2)26(18-21)36-3/h4-12,15,18,22,30,32H,13-14,16-17H2,1-3H3. The second-order valence-corrected chi connectivity index (χ2v) is 10.5. The molecule has 2 aromatic carbocycles. The van der Waals surface area contributed by atoms with Crippen molar-refractivity contribution < 1.29 is 23.8 Å². The number of carbonyl (C=O) groups is 2. The van der Waals surface area contributed by atoms with Crippen LogP contribution in [-0.4, -0.2) is 32.6 Å². The smallest absolute Gasteiger partial charge is 0.336 e. The van der Waals surface area contributed by atoms with Crippen molar-refractivity contribution >= 4 is 23.1 Å². The number of nitrogens with one attached hydrogen (secondary N) is 1. The Morgan fingerprint density at radius 2 is 1.79 bits per heavy atom. The number of Topliss-reactive ketones (excluding diaryl/α,β-unsaturated/α-hetero) is 1. The molecule has 0 amide bonds. The summed E-state index contributed by atoms with van der Waals surface area (Å²) in [6.07, 6.45) is 1.65. The number of rotatable bonds is 8. The molecule has 2 heterocycles. The van der Waals surface area contributed by atoms with Gasteiger partial charge in [-0.1, -0.05) is 42.5 Å². The van der Waals surface area contributed by atoms with Gasteiger partial charge in [0.15, 0.2) is 17.3 Å². The van der Waals surface area contributed by atoms with Crippen LogP contribution in [0.4, 0.5) is 0 Å². The van der Waals surface area contributed by atoms with Gasteiger partial charge in [0.25, 0.3) is 0 Å². The number of allylic oxidation sites excluding steroid dienone is 3. The molecule has 1 N–H and O–H groups in total. The first kappa shape index (κ1) is 25.8. The van der Waals surface area contributed by atoms with Crippen LogP contribution in [0.15, 0.2) is 88.6 Å². The molecule has 0 saturated heterocycles. The van der Waals surface area contributed by atoms with Crippen LogP contribution in [0.25, 0.3) is 0 Å². The van der Waals surface area contributed by atoms with Gasteiger partial charge >= 0.3 is 5.97 Å². The Morgan fingerprint density at radius 3 is 2.50 bits per heavy atom. The van der Waals surface area contributed by atoms with Gasteiger partial charge in [0, 0.05) is 34.7 Å². The summed E-state index contributed by atoms with van der Waals surface area (Å²) in [6, 6.07) is 19.7. The van der Waals surface area contributed by atoms with Crippen LogP contribution in [0.5, 0.6) is 11.5 Å². The number of hydrogen-bond acceptors (Lipinski definition) is 7. The average molecular weight is 530 g/mol. The normalized spacial score (nSPS) is 19.1. The van der Waals surface area contributed by atoms with Crippen molar-refractivity contribution in [3.63, 3.8) is 0 Å². The maximum atomic E-state index is 13.7. The topological polar surface area (TPSA) is 73.9 Å². The molecule has 1 aromatic heterocycles. The lowest BCUT2D eigenvalue weighted by atomic mass is 9.73. The van der Waals surface area contributed by atoms with Crippen molar-refractivity contribution in [2.45, 2.75) is 38.0 Å². The highest BCUT2D eigenvalue weighted by atomic mass is 32.1. The fourth-order valence-electron chi connectivity index (χ4n) is 5.38. The van der Waals surface area contributed by atoms with Gasteiger partial charge in [0.1, 0.15) is 0 Å². The molecular weight excluding hydrogens is 498 g/mol. The predicted molar refractivity (Wildman–Crippen MR) is 148 cm³/mol. The number of ether oxygens (including phenoxy) is 3. The van der Waals surface area contributed by atoms with Crippen LogP contribution < -0.4 is 14.8 Å². The van der Waals surface area contributed by atoms with Crippen molar-refractivity contribution in [3.8, 4) is 11.5 Å². The molecular formula is C31H31NO5S. The Hall–Kier alpha value is -3.84. The summed E-state index contributed by atoms with van der Waals surface area (Å²) in [7, 11) is 3.21. The van der Waals surface area contributed by atoms with Gasteiger partial charge in [0.2, 0.25) is 0 Å². The Morgan fingerprint density at radius 1 is 1.00 bits per heavy atom. The number of methoxy groups -OCH3 is 2. The van der Waals surface area contributed by atoms with Crippen molar-refractivity contribution in [3.05, 3.63) is 105 Å². The zero-order valence-electron chi connectivity index (χ0n) is 21.8. The molecule has 0 radical (unpaired) electrons. The molecule has 1 aliphatic heterocycles. The third-order valence-corrected chi connectivity index (χ3v) is 8.16. The molecule has 2 aliphatic rings. The van der Waals surface area contributed by atoms with E-state index in [1.807, 2.05) is 73.0 Å². The van der Waals surface area contributed by atoms with Gasteiger partial charge in [-0.2, -0.15) is 0 Å². The van der Waals surface area contributed by atoms with Gasteiger partial charge in [-0.15, -0.1) is 11.3 Å². The number of ketones is 1. The number of dihydropyridines is 1. The molecule has 3 aromatic rings. The highest BCUT2D eigenvalue weighted by molar-refractivity contribution is 7.10. The number of esters is 1. The fraction of sp³-hybridized carbons (Fsp3) is 0.290. The van der Waals surface area contributed by atoms with Crippen molar-refractivity contribution in [1.29, 1.82) is 0 Å². The maximum Gasteiger partial charge on any atom is 0.336 e. The largest absolute Gasteiger partial charge is 0.493 e. The summed E-state index contributed by atoms with van der Waals surface area (Å²) in [4.78, 5) is 28.1. The van der Waals surface area contributed by atoms with Crippen LogP contribution in [0.3, 0.4) is 0 Å². The van der Waals surface area contributed by atoms with E-state index in [1.54, 1.807) is 25.6 Å². The second-order valence-electron chi connectivity index (χ2n) is 9.52. The first-order chi connectivity index (χ1) is 18.5. The molecule has 38 heavy (non-hydrogen) atoms. The SMILES string of the molecule is COc1ccc(C2CC(=O)C3=C(C2)NC(C)=C(C(=O)OCCc2ccccc2)C3c2cccs2)cc1OC. The Labute approximate surface area is 226 Å². The van der Waals surface area contributed by atoms with Crippen LogP contribution in [0.2, 0.25) is 0 Å². The molecule has 2 unspecified atom stereocenters. The Bertz CT molecular complexity index is 1390. The van der Waals surface area contributed by atoms with E-state index >= 15 is 0 Å². The molecule has 1 aliphatic carbocycles. The molecule has 5 rings (SSSR count). The maximum absolute atomic E-state index is 13.7. The van der Waals surface area contributed by atoms with Gasteiger partial charge < -0.3 is 19.5 Å². The summed E-state index contributed by atoms with van der Waals surface area (Å²) in [6.45, 7) is 2.17. The third kappa shape index (κ3) is 5.11. The number of hydrogen-bond donors (Lipinski definition) is 1. The molecule has 196 valence electrons. The molecule has 6 nitrogen and oxygen atoms in total. The van der Waals surface area contributed by atoms with Crippen molar-refractivity contribution in [1.82, 2.24) is 5.32 Å². The van der Waals surface area contributed by atoms with E-state index < -0.39 is 5.92 Å². The quantitative estimate of drug-likeness (QED) is 0.366. The monoisotopic (exact) mass is 529 g/mol. The number of carbonyl (C=O) groups excluding carboxylic acids is 2. The third-order valence-electron chi connectivity index (χ3n) is 7.22. The zero-order chi connectivity index (χ0) is 26.6. The van der Waals surface area contributed by atoms with Crippen LogP contribution in [0, 0.1) is 0 Å². The molecule has 7 heteroatoms. The highest BCUT2D eigenvalue weighted by Crippen LogP contribution is 2.47. The van der Waals surface area contributed by atoms with Gasteiger partial charge in [0.05, 0.1) is 32.3 Å². The van der Waals surface area contributed by atoms with E-state index in [-0.39, 0.29) is 24.3 Å². The molecule has 0 fully saturated rings. The first-order valence-corrected chi connectivity index (χ1v) is 13.6. The predicted octanol–water partition coefficient (Wildman–Crippen LogP) is 5.91. The molecule has 2 atom stereocenters. The number of benzene rings is 2. The lowest BCUT2D eigenvalue weighted by Crippen LogP contribution is -2.36. The van der Waals surface area contributed by atoms with E-state index in [0.29, 0.717) is 41.9 Å². The minimum absolute atomic E-state index is 0.00952. The molecule has 0 saturated carbocycles. The molecule has 0 bridgehead atoms. The summed E-state index contributed by atoms with van der Waals surface area (Å²) < 4.78 is 16.6. The van der Waals surface area contributed by atoms with Crippen LogP contribution >= 0.6 is 11.3 Å². The van der Waals surface area contributed by atoms with Gasteiger partial charge in [-0.05, 0) is 54.0 Å². The van der Waals surface area contributed by atoms with E-state index in [1.165, 1.54) is 0 Å². The van der Waals surface area contributed by atoms with Gasteiger partial charge in [-0.3, -0.25) is 4.79 Å². The Kier molecular flexibility index (Phi) is 7.65. The molecule has 0 spiro atoms. The van der Waals surface area contributed by atoms with Crippen LogP contribution in [-0.2, 0) is 20.7 Å². The Balaban J connectivity index is 1.42. The van der Waals surface area contributed by atoms with E-state index in [9.17, 15) is 9.59 Å². The minimum atomic E-state index is -0.436. The number of thiophene rings is 1. The summed E-state index contributed by atoms with van der Waals surface area (Å²) in [5.41, 5.74) is 4.91. The average Bonchev–Trinajstić information content (AvgIpc) is 3.47. The summed E-state index contributed by atoms with van der Waals surface area (Å²) >= 11 is 1.55. The first-order valence-electron chi connectivity index (χ1n) is 12.7. The van der Waals surface area contributed by atoms with E-state index in [4.69, 9.17) is 14.2 Å². The summed E-state index contributed by atoms with van der Waals surface area (Å²) in [5, 5.41) is 5.39. The minimum Gasteiger partial charge on any atom is -0.493 e. The van der Waals surface area contributed by atoms with E-state index in [0.717, 1.165) is 27.4 Å². The zero-order valence-corrected chi connectivity index (χ0v) is 22.6. The second kappa shape index (κ2) is 11.3. The van der Waals surface area contributed by atoms with Crippen molar-refractivity contribution in [2.75, 3.05) is 20.8 Å². The summed E-state index contributed by atoms with van der Waals surface area (Å²) in [5.74, 6) is 0.506. The van der Waals surface area contributed by atoms with E-state index in [2.05, 4.69) is 5.32 Å². The highest BCUT2D eigenvalue weighted by Gasteiger charge is 2.42. The lowest BCUT2D eigenvalue weighted by Gasteiger charge is -2.36. The van der Waals surface area contributed by atoms with Crippen molar-refractivity contribution in [2.24, 2.45) is 0 Å². The van der Waals surface area contributed by atoms with Gasteiger partial charge in [-0.25, -0.2) is 4.79 Å².